The molecule has 2 heterocycles. The zero-order valence-electron chi connectivity index (χ0n) is 20.2. The van der Waals surface area contributed by atoms with Crippen molar-refractivity contribution in [1.29, 1.82) is 0 Å². The number of aromatic nitrogens is 2. The van der Waals surface area contributed by atoms with Gasteiger partial charge in [0.2, 0.25) is 0 Å². The van der Waals surface area contributed by atoms with E-state index in [4.69, 9.17) is 0 Å². The number of hydrogen-bond donors (Lipinski definition) is 0. The topological polar surface area (TPSA) is 7.76 Å². The molecule has 0 fully saturated rings. The smallest absolute Gasteiger partial charge is 0.173 e. The Morgan fingerprint density at radius 1 is 0.529 bits per heavy atom. The van der Waals surface area contributed by atoms with Crippen molar-refractivity contribution in [3.63, 3.8) is 0 Å². The van der Waals surface area contributed by atoms with Gasteiger partial charge in [-0.25, -0.2) is 9.13 Å². The van der Waals surface area contributed by atoms with E-state index in [1.54, 1.807) is 0 Å². The molecule has 0 aliphatic carbocycles. The molecule has 34 heavy (non-hydrogen) atoms. The van der Waals surface area contributed by atoms with Crippen molar-refractivity contribution in [1.82, 2.24) is 0 Å². The Kier molecular flexibility index (Phi) is 6.95. The molecule has 5 aromatic rings. The molecule has 2 aromatic heterocycles. The maximum Gasteiger partial charge on any atom is 0.173 e. The zero-order valence-corrected chi connectivity index (χ0v) is 20.2. The van der Waals surface area contributed by atoms with Crippen molar-refractivity contribution in [3.8, 4) is 11.1 Å². The number of unbranched alkanes of at least 4 members (excludes halogenated alkanes) is 4. The molecule has 0 unspecified atom stereocenters. The Morgan fingerprint density at radius 3 is 1.79 bits per heavy atom. The van der Waals surface area contributed by atoms with E-state index in [0.29, 0.717) is 0 Å². The Bertz CT molecular complexity index is 1370. The van der Waals surface area contributed by atoms with Gasteiger partial charge in [-0.2, -0.15) is 0 Å². The number of pyridine rings is 2. The van der Waals surface area contributed by atoms with Gasteiger partial charge in [0.05, 0.1) is 0 Å². The predicted molar refractivity (Wildman–Crippen MR) is 142 cm³/mol. The number of aryl methyl sites for hydroxylation is 1. The van der Waals surface area contributed by atoms with Crippen molar-refractivity contribution in [3.05, 3.63) is 109 Å². The molecule has 0 amide bonds. The van der Waals surface area contributed by atoms with E-state index < -0.39 is 0 Å². The van der Waals surface area contributed by atoms with Crippen LogP contribution in [0.1, 0.15) is 44.6 Å². The van der Waals surface area contributed by atoms with Crippen molar-refractivity contribution < 1.29 is 9.13 Å². The second kappa shape index (κ2) is 10.6. The average Bonchev–Trinajstić information content (AvgIpc) is 2.88. The first-order valence-corrected chi connectivity index (χ1v) is 12.7. The third-order valence-electron chi connectivity index (χ3n) is 6.77. The van der Waals surface area contributed by atoms with Gasteiger partial charge >= 0.3 is 0 Å². The van der Waals surface area contributed by atoms with Gasteiger partial charge in [-0.1, -0.05) is 62.6 Å². The molecule has 0 bridgehead atoms. The van der Waals surface area contributed by atoms with Crippen LogP contribution in [-0.4, -0.2) is 0 Å². The maximum absolute atomic E-state index is 2.32. The van der Waals surface area contributed by atoms with Gasteiger partial charge < -0.3 is 0 Å². The third kappa shape index (κ3) is 5.34. The SMILES string of the molecule is CCCCCCC[n+]1ccc(-c2cc[n+](Cc3ccc4cc5ccccc5cc4c3)cc2)cc1. The lowest BCUT2D eigenvalue weighted by Gasteiger charge is -2.05. The third-order valence-corrected chi connectivity index (χ3v) is 6.77. The average molecular weight is 447 g/mol. The Hall–Kier alpha value is -3.52. The van der Waals surface area contributed by atoms with Crippen molar-refractivity contribution in [2.75, 3.05) is 0 Å². The molecule has 3 aromatic carbocycles. The molecule has 0 saturated heterocycles. The largest absolute Gasteiger partial charge is 0.205 e. The van der Waals surface area contributed by atoms with Crippen LogP contribution in [0, 0.1) is 0 Å². The second-order valence-electron chi connectivity index (χ2n) is 9.38. The standard InChI is InChI=1S/C32H34N2/c1-2-3-4-5-8-17-33-18-13-27(14-19-33)28-15-20-34(21-16-28)25-26-11-12-31-23-29-9-6-7-10-30(29)24-32(31)22-26/h6-7,9-16,18-24H,2-5,8,17,25H2,1H3/q+2. The van der Waals surface area contributed by atoms with E-state index in [1.807, 2.05) is 0 Å². The number of fused-ring (bicyclic) bond motifs is 2. The van der Waals surface area contributed by atoms with Crippen molar-refractivity contribution >= 4 is 21.5 Å². The van der Waals surface area contributed by atoms with Gasteiger partial charge in [0.25, 0.3) is 0 Å². The first kappa shape index (κ1) is 22.3. The van der Waals surface area contributed by atoms with Crippen LogP contribution in [0.25, 0.3) is 32.7 Å². The molecular weight excluding hydrogens is 412 g/mol. The molecule has 0 N–H and O–H groups in total. The molecule has 2 nitrogen and oxygen atoms in total. The van der Waals surface area contributed by atoms with E-state index in [9.17, 15) is 0 Å². The van der Waals surface area contributed by atoms with Crippen LogP contribution in [0.2, 0.25) is 0 Å². The second-order valence-corrected chi connectivity index (χ2v) is 9.38. The molecule has 0 spiro atoms. The molecule has 0 aliphatic heterocycles. The fourth-order valence-electron chi connectivity index (χ4n) is 4.75. The number of nitrogens with zero attached hydrogens (tertiary/aromatic N) is 2. The summed E-state index contributed by atoms with van der Waals surface area (Å²) in [6.07, 6.45) is 15.4. The van der Waals surface area contributed by atoms with Crippen LogP contribution in [0.4, 0.5) is 0 Å². The summed E-state index contributed by atoms with van der Waals surface area (Å²) in [6.45, 7) is 4.25. The van der Waals surface area contributed by atoms with Crippen LogP contribution < -0.4 is 9.13 Å². The number of hydrogen-bond acceptors (Lipinski definition) is 0. The molecule has 0 aliphatic rings. The molecule has 170 valence electrons. The molecule has 0 radical (unpaired) electrons. The van der Waals surface area contributed by atoms with E-state index in [2.05, 4.69) is 120 Å². The number of benzene rings is 3. The number of rotatable bonds is 9. The van der Waals surface area contributed by atoms with Crippen LogP contribution in [-0.2, 0) is 13.1 Å². The summed E-state index contributed by atoms with van der Waals surface area (Å²) in [7, 11) is 0. The van der Waals surface area contributed by atoms with Crippen LogP contribution in [0.3, 0.4) is 0 Å². The maximum atomic E-state index is 2.32. The fraction of sp³-hybridized carbons (Fsp3) is 0.250. The van der Waals surface area contributed by atoms with Gasteiger partial charge in [0.1, 0.15) is 6.54 Å². The van der Waals surface area contributed by atoms with E-state index in [-0.39, 0.29) is 0 Å². The van der Waals surface area contributed by atoms with Crippen molar-refractivity contribution in [2.45, 2.75) is 52.1 Å². The van der Waals surface area contributed by atoms with Crippen LogP contribution in [0.5, 0.6) is 0 Å². The highest BCUT2D eigenvalue weighted by atomic mass is 14.9. The van der Waals surface area contributed by atoms with Gasteiger partial charge in [-0.3, -0.25) is 0 Å². The highest BCUT2D eigenvalue weighted by Gasteiger charge is 2.08. The summed E-state index contributed by atoms with van der Waals surface area (Å²) in [4.78, 5) is 0. The van der Waals surface area contributed by atoms with E-state index >= 15 is 0 Å². The Labute approximate surface area is 203 Å². The Balaban J connectivity index is 1.24. The Morgan fingerprint density at radius 2 is 1.12 bits per heavy atom. The van der Waals surface area contributed by atoms with Gasteiger partial charge in [0, 0.05) is 36.2 Å². The van der Waals surface area contributed by atoms with E-state index in [1.165, 1.54) is 70.3 Å². The van der Waals surface area contributed by atoms with Crippen molar-refractivity contribution in [2.24, 2.45) is 0 Å². The highest BCUT2D eigenvalue weighted by Crippen LogP contribution is 2.24. The normalized spacial score (nSPS) is 11.3. The summed E-state index contributed by atoms with van der Waals surface area (Å²) in [6, 6.07) is 28.9. The predicted octanol–water partition coefficient (Wildman–Crippen LogP) is 7.25. The van der Waals surface area contributed by atoms with Gasteiger partial charge in [-0.15, -0.1) is 0 Å². The minimum Gasteiger partial charge on any atom is -0.205 e. The monoisotopic (exact) mass is 446 g/mol. The fourth-order valence-corrected chi connectivity index (χ4v) is 4.75. The summed E-state index contributed by atoms with van der Waals surface area (Å²) >= 11 is 0. The molecular formula is C32H34N2+2. The molecule has 5 rings (SSSR count). The van der Waals surface area contributed by atoms with Gasteiger partial charge in [0.15, 0.2) is 31.3 Å². The van der Waals surface area contributed by atoms with Gasteiger partial charge in [-0.05, 0) is 57.3 Å². The minimum atomic E-state index is 0.871. The summed E-state index contributed by atoms with van der Waals surface area (Å²) in [5.74, 6) is 0. The lowest BCUT2D eigenvalue weighted by molar-refractivity contribution is -0.697. The summed E-state index contributed by atoms with van der Waals surface area (Å²) in [5.41, 5.74) is 3.85. The molecule has 0 atom stereocenters. The summed E-state index contributed by atoms with van der Waals surface area (Å²) < 4.78 is 4.56. The lowest BCUT2D eigenvalue weighted by atomic mass is 10.0. The first-order chi connectivity index (χ1) is 16.8. The quantitative estimate of drug-likeness (QED) is 0.128. The molecule has 2 heteroatoms. The highest BCUT2D eigenvalue weighted by molar-refractivity contribution is 5.98. The molecule has 0 saturated carbocycles. The zero-order chi connectivity index (χ0) is 23.2. The van der Waals surface area contributed by atoms with E-state index in [0.717, 1.165) is 13.1 Å². The first-order valence-electron chi connectivity index (χ1n) is 12.7. The van der Waals surface area contributed by atoms with Crippen LogP contribution in [0.15, 0.2) is 104 Å². The van der Waals surface area contributed by atoms with Crippen LogP contribution >= 0.6 is 0 Å². The summed E-state index contributed by atoms with van der Waals surface area (Å²) in [5, 5.41) is 5.19. The minimum absolute atomic E-state index is 0.871. The lowest BCUT2D eigenvalue weighted by Crippen LogP contribution is -2.33.